The molecule has 2 N–H and O–H groups in total. The summed E-state index contributed by atoms with van der Waals surface area (Å²) in [5.41, 5.74) is 1.68. The third-order valence-electron chi connectivity index (χ3n) is 2.85. The highest BCUT2D eigenvalue weighted by molar-refractivity contribution is 5.86. The van der Waals surface area contributed by atoms with Crippen molar-refractivity contribution in [2.45, 2.75) is 6.92 Å². The van der Waals surface area contributed by atoms with E-state index >= 15 is 0 Å². The third kappa shape index (κ3) is 2.11. The summed E-state index contributed by atoms with van der Waals surface area (Å²) in [5.74, 6) is 1.97. The summed E-state index contributed by atoms with van der Waals surface area (Å²) >= 11 is 0. The van der Waals surface area contributed by atoms with Gasteiger partial charge in [-0.1, -0.05) is 0 Å². The van der Waals surface area contributed by atoms with Gasteiger partial charge in [0.1, 0.15) is 18.0 Å². The molecule has 3 heterocycles. The zero-order valence-corrected chi connectivity index (χ0v) is 11.4. The van der Waals surface area contributed by atoms with Gasteiger partial charge in [0.05, 0.1) is 11.6 Å². The third-order valence-corrected chi connectivity index (χ3v) is 2.85. The number of nitrogens with one attached hydrogen (secondary N) is 2. The molecular formula is C12H14N8. The van der Waals surface area contributed by atoms with Crippen molar-refractivity contribution in [1.29, 1.82) is 0 Å². The molecule has 0 unspecified atom stereocenters. The molecular weight excluding hydrogens is 256 g/mol. The van der Waals surface area contributed by atoms with Crippen LogP contribution in [0.4, 0.5) is 17.6 Å². The average molecular weight is 270 g/mol. The molecule has 8 heteroatoms. The Bertz CT molecular complexity index is 748. The summed E-state index contributed by atoms with van der Waals surface area (Å²) in [5, 5.41) is 10.6. The van der Waals surface area contributed by atoms with E-state index in [1.54, 1.807) is 12.4 Å². The lowest BCUT2D eigenvalue weighted by atomic mass is 10.3. The molecule has 8 nitrogen and oxygen atoms in total. The first-order valence-electron chi connectivity index (χ1n) is 6.07. The van der Waals surface area contributed by atoms with Gasteiger partial charge in [-0.25, -0.2) is 15.0 Å². The number of aryl methyl sites for hydroxylation is 1. The minimum Gasteiger partial charge on any atom is -0.362 e. The first-order valence-corrected chi connectivity index (χ1v) is 6.07. The second-order valence-electron chi connectivity index (χ2n) is 4.57. The Kier molecular flexibility index (Phi) is 2.90. The Hall–Kier alpha value is -2.77. The van der Waals surface area contributed by atoms with Crippen LogP contribution in [0.15, 0.2) is 18.7 Å². The van der Waals surface area contributed by atoms with E-state index in [1.165, 1.54) is 6.33 Å². The van der Waals surface area contributed by atoms with Crippen LogP contribution in [-0.2, 0) is 0 Å². The smallest absolute Gasteiger partial charge is 0.230 e. The van der Waals surface area contributed by atoms with E-state index in [-0.39, 0.29) is 0 Å². The highest BCUT2D eigenvalue weighted by Gasteiger charge is 2.09. The van der Waals surface area contributed by atoms with Crippen LogP contribution < -0.4 is 10.2 Å². The van der Waals surface area contributed by atoms with Crippen molar-refractivity contribution in [3.63, 3.8) is 0 Å². The Morgan fingerprint density at radius 2 is 2.00 bits per heavy atom. The molecule has 0 radical (unpaired) electrons. The van der Waals surface area contributed by atoms with Crippen LogP contribution in [0, 0.1) is 6.92 Å². The van der Waals surface area contributed by atoms with Crippen LogP contribution in [0.25, 0.3) is 11.0 Å². The highest BCUT2D eigenvalue weighted by Crippen LogP contribution is 2.21. The molecule has 0 aliphatic heterocycles. The maximum atomic E-state index is 4.47. The monoisotopic (exact) mass is 270 g/mol. The van der Waals surface area contributed by atoms with E-state index < -0.39 is 0 Å². The van der Waals surface area contributed by atoms with E-state index in [0.29, 0.717) is 17.4 Å². The van der Waals surface area contributed by atoms with E-state index in [9.17, 15) is 0 Å². The fourth-order valence-corrected chi connectivity index (χ4v) is 1.92. The molecule has 0 atom stereocenters. The maximum Gasteiger partial charge on any atom is 0.230 e. The predicted octanol–water partition coefficient (Wildman–Crippen LogP) is 1.26. The highest BCUT2D eigenvalue weighted by atomic mass is 15.2. The molecule has 0 saturated carbocycles. The summed E-state index contributed by atoms with van der Waals surface area (Å²) < 4.78 is 0. The van der Waals surface area contributed by atoms with Crippen molar-refractivity contribution < 1.29 is 0 Å². The van der Waals surface area contributed by atoms with Gasteiger partial charge in [0.25, 0.3) is 0 Å². The first-order chi connectivity index (χ1) is 9.65. The normalized spacial score (nSPS) is 10.8. The number of hydrogen-bond acceptors (Lipinski definition) is 7. The second kappa shape index (κ2) is 4.72. The van der Waals surface area contributed by atoms with Gasteiger partial charge in [-0.15, -0.1) is 0 Å². The fraction of sp³-hybridized carbons (Fsp3) is 0.250. The zero-order chi connectivity index (χ0) is 14.1. The molecule has 20 heavy (non-hydrogen) atoms. The van der Waals surface area contributed by atoms with Crippen LogP contribution in [0.5, 0.6) is 0 Å². The van der Waals surface area contributed by atoms with Crippen LogP contribution in [0.3, 0.4) is 0 Å². The quantitative estimate of drug-likeness (QED) is 0.739. The van der Waals surface area contributed by atoms with Gasteiger partial charge in [-0.2, -0.15) is 10.1 Å². The van der Waals surface area contributed by atoms with Gasteiger partial charge in [0.15, 0.2) is 5.65 Å². The number of nitrogens with zero attached hydrogens (tertiary/aromatic N) is 6. The lowest BCUT2D eigenvalue weighted by Crippen LogP contribution is -2.14. The molecule has 0 bridgehead atoms. The molecule has 3 rings (SSSR count). The number of hydrogen-bond donors (Lipinski definition) is 2. The van der Waals surface area contributed by atoms with Crippen LogP contribution in [0.1, 0.15) is 5.56 Å². The SMILES string of the molecule is Cc1cnc(Nc2ncnc3[nH]ncc23)nc1N(C)C. The summed E-state index contributed by atoms with van der Waals surface area (Å²) in [6.45, 7) is 1.97. The summed E-state index contributed by atoms with van der Waals surface area (Å²) in [4.78, 5) is 19.0. The minimum absolute atomic E-state index is 0.487. The van der Waals surface area contributed by atoms with Gasteiger partial charge in [0, 0.05) is 25.9 Å². The first kappa shape index (κ1) is 12.3. The number of fused-ring (bicyclic) bond motifs is 1. The van der Waals surface area contributed by atoms with E-state index in [1.807, 2.05) is 25.9 Å². The maximum absolute atomic E-state index is 4.47. The largest absolute Gasteiger partial charge is 0.362 e. The Labute approximate surface area is 115 Å². The Morgan fingerprint density at radius 1 is 1.15 bits per heavy atom. The summed E-state index contributed by atoms with van der Waals surface area (Å²) in [6, 6.07) is 0. The Balaban J connectivity index is 1.99. The topological polar surface area (TPSA) is 95.5 Å². The molecule has 0 spiro atoms. The fourth-order valence-electron chi connectivity index (χ4n) is 1.92. The van der Waals surface area contributed by atoms with Gasteiger partial charge in [-0.3, -0.25) is 5.10 Å². The van der Waals surface area contributed by atoms with E-state index in [4.69, 9.17) is 0 Å². The molecule has 3 aromatic rings. The minimum atomic E-state index is 0.487. The molecule has 0 fully saturated rings. The van der Waals surface area contributed by atoms with Crippen molar-refractivity contribution in [1.82, 2.24) is 30.1 Å². The number of anilines is 3. The van der Waals surface area contributed by atoms with E-state index in [2.05, 4.69) is 35.5 Å². The van der Waals surface area contributed by atoms with E-state index in [0.717, 1.165) is 16.8 Å². The van der Waals surface area contributed by atoms with Crippen molar-refractivity contribution >= 4 is 28.6 Å². The molecule has 0 amide bonds. The van der Waals surface area contributed by atoms with Crippen molar-refractivity contribution in [3.05, 3.63) is 24.3 Å². The van der Waals surface area contributed by atoms with Crippen molar-refractivity contribution in [2.75, 3.05) is 24.3 Å². The molecule has 102 valence electrons. The standard InChI is InChI=1S/C12H14N8/c1-7-4-13-12(18-11(7)20(2)3)17-9-8-5-16-19-10(8)15-6-14-9/h4-6H,1-3H3,(H2,13,14,15,16,17,18,19). The van der Waals surface area contributed by atoms with Gasteiger partial charge >= 0.3 is 0 Å². The molecule has 0 aromatic carbocycles. The Morgan fingerprint density at radius 3 is 2.80 bits per heavy atom. The van der Waals surface area contributed by atoms with Crippen molar-refractivity contribution in [3.8, 4) is 0 Å². The number of aromatic nitrogens is 6. The van der Waals surface area contributed by atoms with Crippen molar-refractivity contribution in [2.24, 2.45) is 0 Å². The lowest BCUT2D eigenvalue weighted by molar-refractivity contribution is 1.02. The summed E-state index contributed by atoms with van der Waals surface area (Å²) in [7, 11) is 3.89. The zero-order valence-electron chi connectivity index (χ0n) is 11.4. The number of rotatable bonds is 3. The number of aromatic amines is 1. The van der Waals surface area contributed by atoms with Crippen LogP contribution in [0.2, 0.25) is 0 Å². The average Bonchev–Trinajstić information content (AvgIpc) is 2.90. The second-order valence-corrected chi connectivity index (χ2v) is 4.57. The lowest BCUT2D eigenvalue weighted by Gasteiger charge is -2.15. The number of H-pyrrole nitrogens is 1. The van der Waals surface area contributed by atoms with Crippen LogP contribution >= 0.6 is 0 Å². The predicted molar refractivity (Wildman–Crippen MR) is 76.1 cm³/mol. The summed E-state index contributed by atoms with van der Waals surface area (Å²) in [6.07, 6.45) is 4.90. The van der Waals surface area contributed by atoms with Crippen LogP contribution in [-0.4, -0.2) is 44.2 Å². The molecule has 3 aromatic heterocycles. The van der Waals surface area contributed by atoms with Gasteiger partial charge in [-0.05, 0) is 6.92 Å². The molecule has 0 aliphatic carbocycles. The molecule has 0 aliphatic rings. The van der Waals surface area contributed by atoms with Gasteiger partial charge < -0.3 is 10.2 Å². The van der Waals surface area contributed by atoms with Gasteiger partial charge in [0.2, 0.25) is 5.95 Å². The molecule has 0 saturated heterocycles.